The van der Waals surface area contributed by atoms with E-state index < -0.39 is 0 Å². The summed E-state index contributed by atoms with van der Waals surface area (Å²) >= 11 is 0. The lowest BCUT2D eigenvalue weighted by Gasteiger charge is -0.837. The van der Waals surface area contributed by atoms with Gasteiger partial charge in [0.2, 0.25) is 0 Å². The summed E-state index contributed by atoms with van der Waals surface area (Å²) in [5, 5.41) is 0. The summed E-state index contributed by atoms with van der Waals surface area (Å²) in [5.41, 5.74) is 0. The Morgan fingerprint density at radius 2 is 1.25 bits per heavy atom. The van der Waals surface area contributed by atoms with Gasteiger partial charge in [-0.05, 0) is 11.0 Å². The predicted molar refractivity (Wildman–Crippen MR) is 24.2 cm³/mol. The molecule has 0 atom stereocenters. The Labute approximate surface area is 32.0 Å². The number of hydrogen-bond donors (Lipinski definition) is 0. The fourth-order valence-electron chi connectivity index (χ4n) is 0. The highest BCUT2D eigenvalue weighted by atomic mass is 28.1. The molecule has 0 amide bonds. The van der Waals surface area contributed by atoms with Gasteiger partial charge < -0.3 is 4.79 Å². The quantitative estimate of drug-likeness (QED) is 0.302. The van der Waals surface area contributed by atoms with Crippen molar-refractivity contribution in [2.24, 2.45) is 0 Å². The Morgan fingerprint density at radius 1 is 1.25 bits per heavy atom. The van der Waals surface area contributed by atoms with Crippen LogP contribution >= 0.6 is 0 Å². The molecule has 4 heavy (non-hydrogen) atoms. The number of rotatable bonds is 0. The van der Waals surface area contributed by atoms with E-state index in [1.165, 1.54) is 0 Å². The summed E-state index contributed by atoms with van der Waals surface area (Å²) in [6, 6.07) is 0. The van der Waals surface area contributed by atoms with Gasteiger partial charge in [-0.25, -0.2) is 0 Å². The Morgan fingerprint density at radius 3 is 1.25 bits per heavy atom. The lowest BCUT2D eigenvalue weighted by molar-refractivity contribution is -0.0979. The number of carbonyl (C=O) groups is 1. The maximum atomic E-state index is 8.00. The molecule has 3 heteroatoms. The lowest BCUT2D eigenvalue weighted by Crippen LogP contribution is -0.925. The molecule has 0 saturated carbocycles. The average molecular weight is 73.0 g/mol. The van der Waals surface area contributed by atoms with Gasteiger partial charge in [0.05, 0.1) is 0 Å². The molecular formula is CH6BOSi. The average Bonchev–Trinajstić information content (AvgIpc) is 1.00. The minimum Gasteiger partial charge on any atom is -0.307 e. The SMILES string of the molecule is C=O.[B].[SiH4]. The van der Waals surface area contributed by atoms with Crippen molar-refractivity contribution in [2.75, 3.05) is 0 Å². The molecule has 1 nitrogen and oxygen atoms in total. The monoisotopic (exact) mass is 73.0 g/mol. The molecule has 0 rings (SSSR count). The van der Waals surface area contributed by atoms with Crippen LogP contribution < -0.4 is 0 Å². The molecule has 0 aromatic carbocycles. The fourth-order valence-corrected chi connectivity index (χ4v) is 0. The second kappa shape index (κ2) is 4840. The van der Waals surface area contributed by atoms with E-state index in [0.29, 0.717) is 0 Å². The van der Waals surface area contributed by atoms with E-state index in [1.54, 1.807) is 0 Å². The van der Waals surface area contributed by atoms with E-state index in [-0.39, 0.29) is 19.4 Å². The minimum atomic E-state index is 0. The van der Waals surface area contributed by atoms with E-state index in [4.69, 9.17) is 4.79 Å². The zero-order chi connectivity index (χ0) is 2.00. The molecule has 0 N–H and O–H groups in total. The van der Waals surface area contributed by atoms with Crippen molar-refractivity contribution >= 4 is 26.2 Å². The summed E-state index contributed by atoms with van der Waals surface area (Å²) in [7, 11) is 0. The fraction of sp³-hybridized carbons (Fsp3) is 0. The van der Waals surface area contributed by atoms with Crippen molar-refractivity contribution < 1.29 is 4.79 Å². The predicted octanol–water partition coefficient (Wildman–Crippen LogP) is -2.02. The molecular weight excluding hydrogens is 66.9 g/mol. The van der Waals surface area contributed by atoms with E-state index >= 15 is 0 Å². The maximum absolute atomic E-state index is 8.00. The molecule has 0 aromatic rings. The summed E-state index contributed by atoms with van der Waals surface area (Å²) in [5.74, 6) is 0. The van der Waals surface area contributed by atoms with Crippen molar-refractivity contribution in [2.45, 2.75) is 0 Å². The Bertz CT molecular complexity index is 8.00. The van der Waals surface area contributed by atoms with Crippen LogP contribution in [-0.4, -0.2) is 26.2 Å². The van der Waals surface area contributed by atoms with Crippen molar-refractivity contribution in [3.8, 4) is 0 Å². The molecule has 3 radical (unpaired) electrons. The van der Waals surface area contributed by atoms with Crippen LogP contribution in [0.5, 0.6) is 0 Å². The first-order valence-corrected chi connectivity index (χ1v) is 0.289. The van der Waals surface area contributed by atoms with E-state index in [0.717, 1.165) is 0 Å². The highest BCUT2D eigenvalue weighted by molar-refractivity contribution is 5.76. The molecule has 0 heterocycles. The second-order valence-corrected chi connectivity index (χ2v) is 0. The van der Waals surface area contributed by atoms with Gasteiger partial charge in [0.15, 0.2) is 0 Å². The molecule has 0 bridgehead atoms. The zero-order valence-corrected chi connectivity index (χ0v) is 1.69. The molecule has 0 fully saturated rings. The van der Waals surface area contributed by atoms with Crippen molar-refractivity contribution in [3.63, 3.8) is 0 Å². The van der Waals surface area contributed by atoms with Gasteiger partial charge in [-0.15, -0.1) is 0 Å². The van der Waals surface area contributed by atoms with Crippen molar-refractivity contribution in [3.05, 3.63) is 0 Å². The van der Waals surface area contributed by atoms with Gasteiger partial charge >= 0.3 is 0 Å². The third-order valence-corrected chi connectivity index (χ3v) is 0. The topological polar surface area (TPSA) is 17.1 Å². The first-order chi connectivity index (χ1) is 1.00. The summed E-state index contributed by atoms with van der Waals surface area (Å²) in [4.78, 5) is 8.00. The molecule has 0 spiro atoms. The maximum Gasteiger partial charge on any atom is 0.106 e. The number of hydrogen-bond acceptors (Lipinski definition) is 1. The van der Waals surface area contributed by atoms with Gasteiger partial charge in [0.1, 0.15) is 6.79 Å². The van der Waals surface area contributed by atoms with Crippen molar-refractivity contribution in [1.82, 2.24) is 0 Å². The van der Waals surface area contributed by atoms with E-state index in [1.807, 2.05) is 6.79 Å². The van der Waals surface area contributed by atoms with Gasteiger partial charge in [-0.1, -0.05) is 0 Å². The lowest BCUT2D eigenvalue weighted by atomic mass is 10.8. The van der Waals surface area contributed by atoms with Crippen LogP contribution in [0.4, 0.5) is 0 Å². The van der Waals surface area contributed by atoms with E-state index in [9.17, 15) is 0 Å². The summed E-state index contributed by atoms with van der Waals surface area (Å²) in [6.07, 6.45) is 0. The van der Waals surface area contributed by atoms with Gasteiger partial charge in [0, 0.05) is 8.41 Å². The minimum absolute atomic E-state index is 0. The normalized spacial score (nSPS) is 1.00. The first-order valence-electron chi connectivity index (χ1n) is 0.289. The van der Waals surface area contributed by atoms with Crippen LogP contribution in [0.25, 0.3) is 0 Å². The van der Waals surface area contributed by atoms with Crippen LogP contribution in [0.1, 0.15) is 0 Å². The Kier molecular flexibility index (Phi) is 46000. The third-order valence-electron chi connectivity index (χ3n) is 0. The molecule has 0 aromatic heterocycles. The molecule has 0 saturated heterocycles. The second-order valence-electron chi connectivity index (χ2n) is 0. The van der Waals surface area contributed by atoms with Gasteiger partial charge in [-0.3, -0.25) is 0 Å². The Hall–Kier alpha value is -0.0482. The van der Waals surface area contributed by atoms with Crippen LogP contribution in [0, 0.1) is 0 Å². The number of carbonyl (C=O) groups excluding carboxylic acids is 1. The van der Waals surface area contributed by atoms with Crippen molar-refractivity contribution in [1.29, 1.82) is 0 Å². The molecule has 0 aliphatic carbocycles. The molecule has 0 unspecified atom stereocenters. The standard InChI is InChI=1S/CH2O.B.H4Si/c1-2;;/h1H2;;1H4. The summed E-state index contributed by atoms with van der Waals surface area (Å²) in [6.45, 7) is 2.00. The largest absolute Gasteiger partial charge is 0.307 e. The van der Waals surface area contributed by atoms with Crippen LogP contribution in [-0.2, 0) is 4.79 Å². The molecule has 0 aliphatic rings. The smallest absolute Gasteiger partial charge is 0.106 e. The van der Waals surface area contributed by atoms with Gasteiger partial charge in [0.25, 0.3) is 0 Å². The molecule has 23 valence electrons. The molecule has 0 aliphatic heterocycles. The van der Waals surface area contributed by atoms with Crippen LogP contribution in [0.2, 0.25) is 0 Å². The summed E-state index contributed by atoms with van der Waals surface area (Å²) < 4.78 is 0. The van der Waals surface area contributed by atoms with E-state index in [2.05, 4.69) is 0 Å². The van der Waals surface area contributed by atoms with Crippen LogP contribution in [0.3, 0.4) is 0 Å². The Balaban J connectivity index is -0.00000000500. The zero-order valence-electron chi connectivity index (χ0n) is 1.69. The van der Waals surface area contributed by atoms with Gasteiger partial charge in [-0.2, -0.15) is 0 Å². The highest BCUT2D eigenvalue weighted by Gasteiger charge is 0.636. The highest BCUT2D eigenvalue weighted by Crippen LogP contribution is 0.494. The third kappa shape index (κ3) is 762. The first kappa shape index (κ1) is 38.0. The van der Waals surface area contributed by atoms with Crippen LogP contribution in [0.15, 0.2) is 0 Å².